The molecule has 0 unspecified atom stereocenters. The Balaban J connectivity index is 1.39. The van der Waals surface area contributed by atoms with Crippen molar-refractivity contribution in [2.24, 2.45) is 0 Å². The first-order valence-electron chi connectivity index (χ1n) is 10.6. The SMILES string of the molecule is C=CC(=O)N1CCOc2c1ccc1ncnc(Oc3ccc(OCc4cccc(F)c4)cc3)c21. The fourth-order valence-electron chi connectivity index (χ4n) is 3.73. The molecular weight excluding hydrogens is 437 g/mol. The van der Waals surface area contributed by atoms with E-state index < -0.39 is 0 Å². The van der Waals surface area contributed by atoms with Gasteiger partial charge in [0.2, 0.25) is 5.88 Å². The molecule has 4 aromatic rings. The van der Waals surface area contributed by atoms with Crippen LogP contribution in [0.4, 0.5) is 10.1 Å². The maximum Gasteiger partial charge on any atom is 0.250 e. The van der Waals surface area contributed by atoms with Gasteiger partial charge in [-0.1, -0.05) is 18.7 Å². The maximum absolute atomic E-state index is 13.3. The van der Waals surface area contributed by atoms with Crippen molar-refractivity contribution in [3.63, 3.8) is 0 Å². The van der Waals surface area contributed by atoms with Crippen LogP contribution >= 0.6 is 0 Å². The van der Waals surface area contributed by atoms with E-state index in [1.165, 1.54) is 24.5 Å². The van der Waals surface area contributed by atoms with Gasteiger partial charge in [-0.05, 0) is 60.2 Å². The number of fused-ring (bicyclic) bond motifs is 3. The second-order valence-corrected chi connectivity index (χ2v) is 7.52. The molecule has 0 atom stereocenters. The van der Waals surface area contributed by atoms with Gasteiger partial charge in [-0.2, -0.15) is 0 Å². The zero-order chi connectivity index (χ0) is 23.5. The Bertz CT molecular complexity index is 1370. The van der Waals surface area contributed by atoms with E-state index in [1.807, 2.05) is 0 Å². The van der Waals surface area contributed by atoms with Crippen LogP contribution in [0.3, 0.4) is 0 Å². The van der Waals surface area contributed by atoms with Crippen LogP contribution in [0.2, 0.25) is 0 Å². The van der Waals surface area contributed by atoms with Crippen LogP contribution in [0.1, 0.15) is 5.56 Å². The van der Waals surface area contributed by atoms with Gasteiger partial charge >= 0.3 is 0 Å². The molecule has 0 N–H and O–H groups in total. The number of hydrogen-bond acceptors (Lipinski definition) is 6. The van der Waals surface area contributed by atoms with Crippen LogP contribution in [0, 0.1) is 5.82 Å². The van der Waals surface area contributed by atoms with Gasteiger partial charge < -0.3 is 19.1 Å². The van der Waals surface area contributed by atoms with Gasteiger partial charge in [0.15, 0.2) is 5.75 Å². The van der Waals surface area contributed by atoms with Crippen molar-refractivity contribution in [3.05, 3.63) is 91.0 Å². The molecule has 0 fully saturated rings. The number of nitrogens with zero attached hydrogens (tertiary/aromatic N) is 3. The third-order valence-electron chi connectivity index (χ3n) is 5.33. The highest BCUT2D eigenvalue weighted by molar-refractivity contribution is 6.06. The van der Waals surface area contributed by atoms with E-state index in [2.05, 4.69) is 16.5 Å². The molecule has 2 heterocycles. The van der Waals surface area contributed by atoms with Crippen LogP contribution in [-0.2, 0) is 11.4 Å². The lowest BCUT2D eigenvalue weighted by atomic mass is 10.1. The van der Waals surface area contributed by atoms with Crippen LogP contribution in [-0.4, -0.2) is 29.0 Å². The number of ether oxygens (including phenoxy) is 3. The molecule has 0 radical (unpaired) electrons. The highest BCUT2D eigenvalue weighted by Gasteiger charge is 2.26. The predicted molar refractivity (Wildman–Crippen MR) is 125 cm³/mol. The summed E-state index contributed by atoms with van der Waals surface area (Å²) >= 11 is 0. The Kier molecular flexibility index (Phi) is 5.78. The van der Waals surface area contributed by atoms with Gasteiger partial charge in [0.1, 0.15) is 42.2 Å². The summed E-state index contributed by atoms with van der Waals surface area (Å²) in [7, 11) is 0. The van der Waals surface area contributed by atoms with Crippen molar-refractivity contribution in [2.75, 3.05) is 18.1 Å². The minimum absolute atomic E-state index is 0.211. The number of rotatable bonds is 6. The average Bonchev–Trinajstić information content (AvgIpc) is 2.87. The molecule has 1 amide bonds. The Hall–Kier alpha value is -4.46. The molecule has 1 aromatic heterocycles. The fourth-order valence-corrected chi connectivity index (χ4v) is 3.73. The number of anilines is 1. The summed E-state index contributed by atoms with van der Waals surface area (Å²) in [4.78, 5) is 22.5. The van der Waals surface area contributed by atoms with Gasteiger partial charge in [0.05, 0.1) is 17.7 Å². The molecular formula is C26H20FN3O4. The number of halogens is 1. The Morgan fingerprint density at radius 1 is 1.12 bits per heavy atom. The molecule has 34 heavy (non-hydrogen) atoms. The standard InChI is InChI=1S/C26H20FN3O4/c1-2-23(31)30-12-13-32-25-22(30)11-10-21-24(25)26(29-16-28-21)34-20-8-6-19(7-9-20)33-15-17-4-3-5-18(27)14-17/h2-11,14,16H,1,12-13,15H2. The van der Waals surface area contributed by atoms with E-state index in [1.54, 1.807) is 53.4 Å². The molecule has 0 aliphatic carbocycles. The molecule has 5 rings (SSSR count). The number of carbonyl (C=O) groups excluding carboxylic acids is 1. The lowest BCUT2D eigenvalue weighted by Crippen LogP contribution is -2.36. The third-order valence-corrected chi connectivity index (χ3v) is 5.33. The van der Waals surface area contributed by atoms with E-state index in [9.17, 15) is 9.18 Å². The summed E-state index contributed by atoms with van der Waals surface area (Å²) in [6.07, 6.45) is 2.69. The first-order chi connectivity index (χ1) is 16.6. The predicted octanol–water partition coefficient (Wildman–Crippen LogP) is 5.05. The number of hydrogen-bond donors (Lipinski definition) is 0. The normalized spacial score (nSPS) is 12.6. The third kappa shape index (κ3) is 4.25. The molecule has 0 saturated heterocycles. The van der Waals surface area contributed by atoms with Crippen molar-refractivity contribution in [3.8, 4) is 23.1 Å². The largest absolute Gasteiger partial charge is 0.489 e. The van der Waals surface area contributed by atoms with Crippen LogP contribution in [0.25, 0.3) is 10.9 Å². The molecule has 1 aliphatic rings. The van der Waals surface area contributed by atoms with Crippen molar-refractivity contribution in [1.82, 2.24) is 9.97 Å². The van der Waals surface area contributed by atoms with Crippen LogP contribution in [0.15, 0.2) is 79.6 Å². The topological polar surface area (TPSA) is 73.8 Å². The summed E-state index contributed by atoms with van der Waals surface area (Å²) < 4.78 is 31.0. The average molecular weight is 457 g/mol. The second kappa shape index (κ2) is 9.19. The molecule has 0 saturated carbocycles. The number of benzene rings is 3. The maximum atomic E-state index is 13.3. The zero-order valence-electron chi connectivity index (χ0n) is 18.1. The van der Waals surface area contributed by atoms with E-state index in [4.69, 9.17) is 14.2 Å². The first-order valence-corrected chi connectivity index (χ1v) is 10.6. The van der Waals surface area contributed by atoms with Crippen LogP contribution in [0.5, 0.6) is 23.1 Å². The highest BCUT2D eigenvalue weighted by atomic mass is 19.1. The molecule has 170 valence electrons. The smallest absolute Gasteiger partial charge is 0.250 e. The van der Waals surface area contributed by atoms with Gasteiger partial charge in [-0.25, -0.2) is 14.4 Å². The van der Waals surface area contributed by atoms with E-state index >= 15 is 0 Å². The molecule has 7 nitrogen and oxygen atoms in total. The van der Waals surface area contributed by atoms with Gasteiger partial charge in [-0.15, -0.1) is 0 Å². The molecule has 3 aromatic carbocycles. The summed E-state index contributed by atoms with van der Waals surface area (Å²) in [6, 6.07) is 16.9. The van der Waals surface area contributed by atoms with E-state index in [-0.39, 0.29) is 18.3 Å². The van der Waals surface area contributed by atoms with Gasteiger partial charge in [-0.3, -0.25) is 4.79 Å². The second-order valence-electron chi connectivity index (χ2n) is 7.52. The highest BCUT2D eigenvalue weighted by Crippen LogP contribution is 2.42. The Morgan fingerprint density at radius 2 is 1.94 bits per heavy atom. The van der Waals surface area contributed by atoms with E-state index in [0.717, 1.165) is 5.56 Å². The monoisotopic (exact) mass is 457 g/mol. The van der Waals surface area contributed by atoms with Gasteiger partial charge in [0, 0.05) is 0 Å². The first kappa shape index (κ1) is 21.4. The van der Waals surface area contributed by atoms with Crippen molar-refractivity contribution in [1.29, 1.82) is 0 Å². The van der Waals surface area contributed by atoms with E-state index in [0.29, 0.717) is 52.9 Å². The lowest BCUT2D eigenvalue weighted by molar-refractivity contribution is -0.114. The Morgan fingerprint density at radius 3 is 2.74 bits per heavy atom. The molecule has 8 heteroatoms. The summed E-state index contributed by atoms with van der Waals surface area (Å²) in [5, 5.41) is 0.577. The number of amides is 1. The molecule has 1 aliphatic heterocycles. The summed E-state index contributed by atoms with van der Waals surface area (Å²) in [6.45, 7) is 4.58. The summed E-state index contributed by atoms with van der Waals surface area (Å²) in [5.74, 6) is 1.43. The number of carbonyl (C=O) groups is 1. The summed E-state index contributed by atoms with van der Waals surface area (Å²) in [5.41, 5.74) is 1.98. The molecule has 0 spiro atoms. The van der Waals surface area contributed by atoms with Crippen molar-refractivity contribution < 1.29 is 23.4 Å². The minimum Gasteiger partial charge on any atom is -0.489 e. The Labute approximate surface area is 195 Å². The quantitative estimate of drug-likeness (QED) is 0.377. The van der Waals surface area contributed by atoms with Crippen molar-refractivity contribution in [2.45, 2.75) is 6.61 Å². The fraction of sp³-hybridized carbons (Fsp3) is 0.115. The lowest BCUT2D eigenvalue weighted by Gasteiger charge is -2.29. The van der Waals surface area contributed by atoms with Gasteiger partial charge in [0.25, 0.3) is 5.91 Å². The zero-order valence-corrected chi connectivity index (χ0v) is 18.1. The van der Waals surface area contributed by atoms with Crippen molar-refractivity contribution >= 4 is 22.5 Å². The van der Waals surface area contributed by atoms with Crippen LogP contribution < -0.4 is 19.1 Å². The number of aromatic nitrogens is 2. The molecule has 0 bridgehead atoms. The minimum atomic E-state index is -0.301.